The summed E-state index contributed by atoms with van der Waals surface area (Å²) in [6.07, 6.45) is 0. The van der Waals surface area contributed by atoms with Crippen LogP contribution in [-0.2, 0) is 0 Å². The molecule has 62 heavy (non-hydrogen) atoms. The Morgan fingerprint density at radius 3 is 1.52 bits per heavy atom. The number of aromatic nitrogens is 2. The minimum atomic E-state index is -3.08. The summed E-state index contributed by atoms with van der Waals surface area (Å²) < 4.78 is 11.3. The van der Waals surface area contributed by atoms with Gasteiger partial charge in [-0.3, -0.25) is 0 Å². The zero-order valence-corrected chi connectivity index (χ0v) is 34.3. The number of hydrogen-bond donors (Lipinski definition) is 0. The molecule has 0 radical (unpaired) electrons. The van der Waals surface area contributed by atoms with Gasteiger partial charge in [0.2, 0.25) is 0 Å². The van der Waals surface area contributed by atoms with Crippen LogP contribution in [-0.4, -0.2) is 17.2 Å². The van der Waals surface area contributed by atoms with Crippen molar-refractivity contribution in [2.75, 3.05) is 0 Å². The van der Waals surface area contributed by atoms with E-state index < -0.39 is 8.07 Å². The van der Waals surface area contributed by atoms with E-state index in [-0.39, 0.29) is 0 Å². The molecule has 6 heteroatoms. The summed E-state index contributed by atoms with van der Waals surface area (Å²) in [5.41, 5.74) is 9.15. The first-order valence-electron chi connectivity index (χ1n) is 20.7. The molecule has 12 aromatic rings. The highest BCUT2D eigenvalue weighted by atomic mass is 28.3. The van der Waals surface area contributed by atoms with Crippen LogP contribution in [0.4, 0.5) is 0 Å². The second-order valence-electron chi connectivity index (χ2n) is 15.9. The molecule has 0 saturated heterocycles. The summed E-state index contributed by atoms with van der Waals surface area (Å²) in [7, 11) is -3.08. The fourth-order valence-electron chi connectivity index (χ4n) is 10.1. The van der Waals surface area contributed by atoms with E-state index in [1.807, 2.05) is 42.5 Å². The SMILES string of the molecule is N#Cc1ccc2c(c1)c1ccccc1n2-c1cccc([Si](c2ccccc2)(c2ccccc2)c2cccc(-n3c4ccc(C#N)cc4c4c5oc6ccccc6c5ccc43)c2)c1. The van der Waals surface area contributed by atoms with Gasteiger partial charge in [0.15, 0.2) is 8.07 Å². The van der Waals surface area contributed by atoms with Gasteiger partial charge < -0.3 is 13.6 Å². The molecule has 0 aliphatic heterocycles. The normalized spacial score (nSPS) is 11.8. The number of hydrogen-bond acceptors (Lipinski definition) is 3. The number of furan rings is 1. The third-order valence-corrected chi connectivity index (χ3v) is 17.4. The van der Waals surface area contributed by atoms with Gasteiger partial charge in [-0.05, 0) is 106 Å². The van der Waals surface area contributed by atoms with E-state index in [0.717, 1.165) is 76.9 Å². The highest BCUT2D eigenvalue weighted by molar-refractivity contribution is 7.20. The predicted molar refractivity (Wildman–Crippen MR) is 255 cm³/mol. The molecule has 0 spiro atoms. The van der Waals surface area contributed by atoms with E-state index in [0.29, 0.717) is 11.1 Å². The maximum absolute atomic E-state index is 10.1. The summed E-state index contributed by atoms with van der Waals surface area (Å²) in [5.74, 6) is 0. The van der Waals surface area contributed by atoms with E-state index in [9.17, 15) is 10.5 Å². The Morgan fingerprint density at radius 2 is 0.871 bits per heavy atom. The Bertz CT molecular complexity index is 3810. The van der Waals surface area contributed by atoms with Crippen molar-refractivity contribution >= 4 is 94.4 Å². The van der Waals surface area contributed by atoms with Crippen LogP contribution < -0.4 is 20.7 Å². The molecule has 0 N–H and O–H groups in total. The third-order valence-electron chi connectivity index (χ3n) is 12.7. The predicted octanol–water partition coefficient (Wildman–Crippen LogP) is 10.9. The lowest BCUT2D eigenvalue weighted by Crippen LogP contribution is -2.74. The Labute approximate surface area is 357 Å². The lowest BCUT2D eigenvalue weighted by molar-refractivity contribution is 0.673. The van der Waals surface area contributed by atoms with Gasteiger partial charge in [-0.15, -0.1) is 0 Å². The molecule has 0 bridgehead atoms. The second-order valence-corrected chi connectivity index (χ2v) is 19.7. The van der Waals surface area contributed by atoms with E-state index in [1.165, 1.54) is 20.7 Å². The van der Waals surface area contributed by atoms with Crippen molar-refractivity contribution in [2.24, 2.45) is 0 Å². The molecule has 12 rings (SSSR count). The van der Waals surface area contributed by atoms with Crippen LogP contribution in [0.3, 0.4) is 0 Å². The van der Waals surface area contributed by atoms with Gasteiger partial charge in [-0.1, -0.05) is 121 Å². The highest BCUT2D eigenvalue weighted by Crippen LogP contribution is 2.41. The molecular formula is C56H34N4OSi. The number of fused-ring (bicyclic) bond motifs is 10. The quantitative estimate of drug-likeness (QED) is 0.124. The molecule has 0 aliphatic rings. The molecule has 3 heterocycles. The molecule has 0 amide bonds. The zero-order valence-electron chi connectivity index (χ0n) is 33.3. The van der Waals surface area contributed by atoms with Gasteiger partial charge in [-0.2, -0.15) is 10.5 Å². The van der Waals surface area contributed by atoms with Gasteiger partial charge in [0.1, 0.15) is 11.2 Å². The van der Waals surface area contributed by atoms with Crippen molar-refractivity contribution < 1.29 is 4.42 Å². The van der Waals surface area contributed by atoms with Crippen molar-refractivity contribution in [1.29, 1.82) is 10.5 Å². The number of nitriles is 2. The van der Waals surface area contributed by atoms with E-state index in [1.54, 1.807) is 0 Å². The second kappa shape index (κ2) is 13.8. The van der Waals surface area contributed by atoms with Crippen molar-refractivity contribution in [3.63, 3.8) is 0 Å². The van der Waals surface area contributed by atoms with Crippen molar-refractivity contribution in [3.05, 3.63) is 217 Å². The Kier molecular flexibility index (Phi) is 7.92. The van der Waals surface area contributed by atoms with Crippen molar-refractivity contribution in [1.82, 2.24) is 9.13 Å². The summed E-state index contributed by atoms with van der Waals surface area (Å²) in [4.78, 5) is 0. The smallest absolute Gasteiger partial charge is 0.179 e. The van der Waals surface area contributed by atoms with Crippen LogP contribution >= 0.6 is 0 Å². The van der Waals surface area contributed by atoms with Crippen LogP contribution in [0.25, 0.3) is 76.9 Å². The zero-order chi connectivity index (χ0) is 41.4. The molecule has 288 valence electrons. The number of nitrogens with zero attached hydrogens (tertiary/aromatic N) is 4. The van der Waals surface area contributed by atoms with Gasteiger partial charge in [0.25, 0.3) is 0 Å². The molecule has 0 atom stereocenters. The molecule has 0 saturated carbocycles. The van der Waals surface area contributed by atoms with Gasteiger partial charge >= 0.3 is 0 Å². The maximum Gasteiger partial charge on any atom is 0.179 e. The summed E-state index contributed by atoms with van der Waals surface area (Å²) in [6.45, 7) is 0. The Balaban J connectivity index is 1.15. The van der Waals surface area contributed by atoms with Crippen LogP contribution in [0.1, 0.15) is 11.1 Å². The first kappa shape index (κ1) is 35.5. The Hall–Kier alpha value is -8.42. The fraction of sp³-hybridized carbons (Fsp3) is 0. The van der Waals surface area contributed by atoms with Crippen LogP contribution in [0.2, 0.25) is 0 Å². The highest BCUT2D eigenvalue weighted by Gasteiger charge is 2.42. The lowest BCUT2D eigenvalue weighted by atomic mass is 10.1. The molecule has 0 fully saturated rings. The largest absolute Gasteiger partial charge is 0.455 e. The average Bonchev–Trinajstić information content (AvgIpc) is 4.00. The maximum atomic E-state index is 10.1. The third kappa shape index (κ3) is 5.12. The standard InChI is InChI=1S/C56H34N4OSi/c57-35-37-25-28-51-48(31-37)45-21-7-9-23-50(45)59(51)39-13-11-19-43(33-39)62(41-15-3-1-4-16-41,42-17-5-2-6-18-42)44-20-12-14-40(34-44)60-52-29-26-38(36-58)32-49(52)55-53(60)30-27-47-46-22-8-10-24-54(46)61-56(47)55/h1-34H. The summed E-state index contributed by atoms with van der Waals surface area (Å²) in [6, 6.07) is 77.9. The number of rotatable bonds is 6. The van der Waals surface area contributed by atoms with Crippen molar-refractivity contribution in [2.45, 2.75) is 0 Å². The van der Waals surface area contributed by atoms with Gasteiger partial charge in [0.05, 0.1) is 50.7 Å². The minimum Gasteiger partial charge on any atom is -0.455 e. The topological polar surface area (TPSA) is 70.6 Å². The van der Waals surface area contributed by atoms with Crippen molar-refractivity contribution in [3.8, 4) is 23.5 Å². The summed E-state index contributed by atoms with van der Waals surface area (Å²) in [5, 5.41) is 31.2. The van der Waals surface area contributed by atoms with Crippen LogP contribution in [0.5, 0.6) is 0 Å². The molecule has 5 nitrogen and oxygen atoms in total. The minimum absolute atomic E-state index is 0.603. The van der Waals surface area contributed by atoms with Crippen LogP contribution in [0, 0.1) is 22.7 Å². The molecule has 3 aromatic heterocycles. The molecular weight excluding hydrogens is 773 g/mol. The van der Waals surface area contributed by atoms with Gasteiger partial charge in [-0.25, -0.2) is 0 Å². The van der Waals surface area contributed by atoms with Gasteiger partial charge in [0, 0.05) is 38.3 Å². The van der Waals surface area contributed by atoms with E-state index in [2.05, 4.69) is 185 Å². The average molecular weight is 807 g/mol. The first-order chi connectivity index (χ1) is 30.6. The monoisotopic (exact) mass is 806 g/mol. The van der Waals surface area contributed by atoms with E-state index in [4.69, 9.17) is 4.42 Å². The van der Waals surface area contributed by atoms with Crippen LogP contribution in [0.15, 0.2) is 211 Å². The Morgan fingerprint density at radius 1 is 0.371 bits per heavy atom. The molecule has 9 aromatic carbocycles. The summed E-state index contributed by atoms with van der Waals surface area (Å²) >= 11 is 0. The number of para-hydroxylation sites is 2. The molecule has 0 aliphatic carbocycles. The molecule has 0 unspecified atom stereocenters. The van der Waals surface area contributed by atoms with E-state index >= 15 is 0 Å². The fourth-order valence-corrected chi connectivity index (χ4v) is 14.9. The number of benzene rings is 9. The first-order valence-corrected chi connectivity index (χ1v) is 22.7. The lowest BCUT2D eigenvalue weighted by Gasteiger charge is -2.35.